The molecule has 0 spiro atoms. The van der Waals surface area contributed by atoms with Gasteiger partial charge in [0.1, 0.15) is 5.75 Å². The van der Waals surface area contributed by atoms with Crippen molar-refractivity contribution in [1.29, 1.82) is 0 Å². The highest BCUT2D eigenvalue weighted by Gasteiger charge is 2.56. The van der Waals surface area contributed by atoms with Crippen molar-refractivity contribution in [3.05, 3.63) is 54.1 Å². The second-order valence-corrected chi connectivity index (χ2v) is 8.75. The molecule has 7 heteroatoms. The fraction of sp³-hybridized carbons (Fsp3) is 0.407. The zero-order valence-corrected chi connectivity index (χ0v) is 20.0. The van der Waals surface area contributed by atoms with Gasteiger partial charge in [0, 0.05) is 23.4 Å². The van der Waals surface area contributed by atoms with Crippen LogP contribution in [0.5, 0.6) is 17.2 Å². The third kappa shape index (κ3) is 4.47. The molecule has 1 N–H and O–H groups in total. The molecule has 1 atom stereocenters. The van der Waals surface area contributed by atoms with Crippen molar-refractivity contribution in [1.82, 2.24) is 5.32 Å². The summed E-state index contributed by atoms with van der Waals surface area (Å²) in [6, 6.07) is 13.0. The average molecular weight is 465 g/mol. The van der Waals surface area contributed by atoms with Crippen LogP contribution in [0.3, 0.4) is 0 Å². The number of β-lactam (4-membered cyclic amide) rings is 1. The van der Waals surface area contributed by atoms with Gasteiger partial charge in [-0.25, -0.2) is 0 Å². The molecule has 2 fully saturated rings. The molecule has 1 unspecified atom stereocenters. The number of methoxy groups -OCH3 is 3. The van der Waals surface area contributed by atoms with Crippen molar-refractivity contribution < 1.29 is 23.8 Å². The molecule has 180 valence electrons. The van der Waals surface area contributed by atoms with Crippen molar-refractivity contribution in [2.24, 2.45) is 0 Å². The first-order valence-electron chi connectivity index (χ1n) is 11.7. The first kappa shape index (κ1) is 23.7. The van der Waals surface area contributed by atoms with Crippen LogP contribution in [0.2, 0.25) is 0 Å². The number of para-hydroxylation sites is 1. The van der Waals surface area contributed by atoms with Crippen LogP contribution in [0.1, 0.15) is 44.1 Å². The van der Waals surface area contributed by atoms with Crippen molar-refractivity contribution in [3.8, 4) is 17.2 Å². The van der Waals surface area contributed by atoms with E-state index in [0.29, 0.717) is 22.9 Å². The number of amides is 2. The van der Waals surface area contributed by atoms with Gasteiger partial charge in [-0.15, -0.1) is 0 Å². The Bertz CT molecular complexity index is 1080. The van der Waals surface area contributed by atoms with E-state index < -0.39 is 5.54 Å². The van der Waals surface area contributed by atoms with Crippen molar-refractivity contribution in [2.45, 2.75) is 50.1 Å². The Balaban J connectivity index is 1.73. The number of benzene rings is 2. The minimum Gasteiger partial charge on any atom is -0.496 e. The van der Waals surface area contributed by atoms with Crippen LogP contribution in [-0.4, -0.2) is 44.7 Å². The molecule has 2 aromatic rings. The summed E-state index contributed by atoms with van der Waals surface area (Å²) in [5.74, 6) is 1.46. The quantitative estimate of drug-likeness (QED) is 0.588. The van der Waals surface area contributed by atoms with Crippen LogP contribution in [0.15, 0.2) is 48.5 Å². The Hall–Kier alpha value is -3.48. The third-order valence-corrected chi connectivity index (χ3v) is 6.71. The second-order valence-electron chi connectivity index (χ2n) is 8.75. The normalized spacial score (nSPS) is 20.7. The first-order chi connectivity index (χ1) is 16.5. The van der Waals surface area contributed by atoms with Gasteiger partial charge < -0.3 is 19.5 Å². The zero-order chi connectivity index (χ0) is 24.1. The molecule has 2 aliphatic rings. The summed E-state index contributed by atoms with van der Waals surface area (Å²) in [6.07, 6.45) is 9.10. The van der Waals surface area contributed by atoms with Gasteiger partial charge in [0.05, 0.1) is 27.8 Å². The van der Waals surface area contributed by atoms with Gasteiger partial charge in [-0.1, -0.05) is 43.5 Å². The number of anilines is 1. The number of carbonyl (C=O) groups excluding carboxylic acids is 2. The van der Waals surface area contributed by atoms with Crippen LogP contribution in [0, 0.1) is 0 Å². The lowest BCUT2D eigenvalue weighted by Crippen LogP contribution is -2.70. The van der Waals surface area contributed by atoms with Gasteiger partial charge in [0.25, 0.3) is 5.91 Å². The molecule has 7 nitrogen and oxygen atoms in total. The van der Waals surface area contributed by atoms with E-state index in [4.69, 9.17) is 14.2 Å². The highest BCUT2D eigenvalue weighted by atomic mass is 16.5. The summed E-state index contributed by atoms with van der Waals surface area (Å²) in [6.45, 7) is 0. The number of hydrogen-bond acceptors (Lipinski definition) is 5. The van der Waals surface area contributed by atoms with E-state index >= 15 is 0 Å². The molecule has 2 aromatic carbocycles. The molecule has 1 heterocycles. The SMILES string of the molecule is COc1ccccc1/C=C/C1(C(=O)NC2CCCCC2)CC(=O)N1c1ccc(OC)c(OC)c1. The Morgan fingerprint density at radius 3 is 2.35 bits per heavy atom. The zero-order valence-electron chi connectivity index (χ0n) is 20.0. The molecule has 0 bridgehead atoms. The van der Waals surface area contributed by atoms with Gasteiger partial charge >= 0.3 is 0 Å². The molecule has 2 amide bonds. The fourth-order valence-corrected chi connectivity index (χ4v) is 4.84. The smallest absolute Gasteiger partial charge is 0.251 e. The Labute approximate surface area is 200 Å². The predicted octanol–water partition coefficient (Wildman–Crippen LogP) is 4.35. The topological polar surface area (TPSA) is 77.1 Å². The summed E-state index contributed by atoms with van der Waals surface area (Å²) in [7, 11) is 4.72. The highest BCUT2D eigenvalue weighted by Crippen LogP contribution is 2.42. The lowest BCUT2D eigenvalue weighted by Gasteiger charge is -2.49. The molecule has 0 radical (unpaired) electrons. The van der Waals surface area contributed by atoms with E-state index in [1.807, 2.05) is 36.4 Å². The van der Waals surface area contributed by atoms with Crippen LogP contribution in [-0.2, 0) is 9.59 Å². The maximum absolute atomic E-state index is 13.8. The molecule has 1 saturated heterocycles. The number of nitrogens with one attached hydrogen (secondary N) is 1. The largest absolute Gasteiger partial charge is 0.496 e. The maximum Gasteiger partial charge on any atom is 0.251 e. The standard InChI is InChI=1S/C27H32N2O5/c1-32-22-12-8-7-9-19(22)15-16-27(26(31)28-20-10-5-4-6-11-20)18-25(30)29(27)21-13-14-23(33-2)24(17-21)34-3/h7-9,12-17,20H,4-6,10-11,18H2,1-3H3,(H,28,31)/b16-15+. The van der Waals surface area contributed by atoms with Gasteiger partial charge in [-0.2, -0.15) is 0 Å². The van der Waals surface area contributed by atoms with E-state index in [1.54, 1.807) is 44.4 Å². The molecule has 0 aromatic heterocycles. The maximum atomic E-state index is 13.8. The van der Waals surface area contributed by atoms with Crippen molar-refractivity contribution >= 4 is 23.6 Å². The van der Waals surface area contributed by atoms with E-state index in [9.17, 15) is 9.59 Å². The molecular weight excluding hydrogens is 432 g/mol. The molecule has 1 saturated carbocycles. The van der Waals surface area contributed by atoms with Crippen molar-refractivity contribution in [3.63, 3.8) is 0 Å². The molecule has 4 rings (SSSR count). The van der Waals surface area contributed by atoms with E-state index in [1.165, 1.54) is 6.42 Å². The molecular formula is C27H32N2O5. The summed E-state index contributed by atoms with van der Waals surface area (Å²) in [5.41, 5.74) is 0.272. The number of hydrogen-bond donors (Lipinski definition) is 1. The molecule has 1 aliphatic heterocycles. The predicted molar refractivity (Wildman–Crippen MR) is 131 cm³/mol. The Morgan fingerprint density at radius 2 is 1.68 bits per heavy atom. The van der Waals surface area contributed by atoms with Crippen LogP contribution < -0.4 is 24.4 Å². The lowest BCUT2D eigenvalue weighted by molar-refractivity contribution is -0.137. The summed E-state index contributed by atoms with van der Waals surface area (Å²) >= 11 is 0. The van der Waals surface area contributed by atoms with E-state index in [2.05, 4.69) is 5.32 Å². The number of ether oxygens (including phenoxy) is 3. The summed E-state index contributed by atoms with van der Waals surface area (Å²) in [5, 5.41) is 3.23. The van der Waals surface area contributed by atoms with Gasteiger partial charge in [0.2, 0.25) is 5.91 Å². The number of rotatable bonds is 8. The Morgan fingerprint density at radius 1 is 0.971 bits per heavy atom. The van der Waals surface area contributed by atoms with E-state index in [0.717, 1.165) is 31.2 Å². The van der Waals surface area contributed by atoms with E-state index in [-0.39, 0.29) is 24.3 Å². The highest BCUT2D eigenvalue weighted by molar-refractivity contribution is 6.15. The number of carbonyl (C=O) groups is 2. The molecule has 34 heavy (non-hydrogen) atoms. The lowest BCUT2D eigenvalue weighted by atomic mass is 9.80. The monoisotopic (exact) mass is 464 g/mol. The van der Waals surface area contributed by atoms with Gasteiger partial charge in [-0.05, 0) is 37.1 Å². The minimum absolute atomic E-state index is 0.0888. The van der Waals surface area contributed by atoms with Gasteiger partial charge in [-0.3, -0.25) is 14.5 Å². The van der Waals surface area contributed by atoms with Crippen LogP contribution >= 0.6 is 0 Å². The van der Waals surface area contributed by atoms with Gasteiger partial charge in [0.15, 0.2) is 17.0 Å². The van der Waals surface area contributed by atoms with Crippen molar-refractivity contribution in [2.75, 3.05) is 26.2 Å². The summed E-state index contributed by atoms with van der Waals surface area (Å²) in [4.78, 5) is 28.3. The fourth-order valence-electron chi connectivity index (χ4n) is 4.84. The second kappa shape index (κ2) is 10.2. The Kier molecular flexibility index (Phi) is 7.10. The minimum atomic E-state index is -1.14. The van der Waals surface area contributed by atoms with Crippen LogP contribution in [0.4, 0.5) is 5.69 Å². The van der Waals surface area contributed by atoms with Crippen LogP contribution in [0.25, 0.3) is 6.08 Å². The molecule has 1 aliphatic carbocycles. The average Bonchev–Trinajstić information content (AvgIpc) is 2.86. The third-order valence-electron chi connectivity index (χ3n) is 6.71. The summed E-state index contributed by atoms with van der Waals surface area (Å²) < 4.78 is 16.3. The number of nitrogens with zero attached hydrogens (tertiary/aromatic N) is 1. The first-order valence-corrected chi connectivity index (χ1v) is 11.7.